The maximum atomic E-state index is 14.3. The van der Waals surface area contributed by atoms with Crippen molar-refractivity contribution in [3.8, 4) is 0 Å². The molecule has 0 bridgehead atoms. The van der Waals surface area contributed by atoms with Gasteiger partial charge in [0.2, 0.25) is 5.91 Å². The Hall–Kier alpha value is -3.42. The van der Waals surface area contributed by atoms with Crippen molar-refractivity contribution in [2.45, 2.75) is 12.8 Å². The van der Waals surface area contributed by atoms with Gasteiger partial charge in [0.1, 0.15) is 5.82 Å². The van der Waals surface area contributed by atoms with E-state index in [0.717, 1.165) is 12.0 Å². The Morgan fingerprint density at radius 3 is 2.34 bits per heavy atom. The van der Waals surface area contributed by atoms with Crippen molar-refractivity contribution < 1.29 is 28.2 Å². The fraction of sp³-hybridized carbons (Fsp3) is 0.286. The summed E-state index contributed by atoms with van der Waals surface area (Å²) >= 11 is 0. The number of fused-ring (bicyclic) bond motifs is 1. The van der Waals surface area contributed by atoms with E-state index in [0.29, 0.717) is 24.3 Å². The van der Waals surface area contributed by atoms with Gasteiger partial charge in [-0.25, -0.2) is 14.0 Å². The Labute approximate surface area is 167 Å². The van der Waals surface area contributed by atoms with Gasteiger partial charge in [-0.1, -0.05) is 12.1 Å². The van der Waals surface area contributed by atoms with E-state index in [4.69, 9.17) is 9.47 Å². The van der Waals surface area contributed by atoms with Crippen LogP contribution in [0.3, 0.4) is 0 Å². The van der Waals surface area contributed by atoms with Crippen LogP contribution in [0.5, 0.6) is 0 Å². The average Bonchev–Trinajstić information content (AvgIpc) is 2.75. The minimum atomic E-state index is -0.628. The molecule has 7 nitrogen and oxygen atoms in total. The molecule has 0 unspecified atom stereocenters. The number of nitrogens with zero attached hydrogens (tertiary/aromatic N) is 1. The molecular formula is C21H21FN2O5. The van der Waals surface area contributed by atoms with Gasteiger partial charge >= 0.3 is 11.9 Å². The minimum Gasteiger partial charge on any atom is -0.465 e. The number of esters is 2. The first-order valence-corrected chi connectivity index (χ1v) is 9.08. The predicted molar refractivity (Wildman–Crippen MR) is 105 cm³/mol. The van der Waals surface area contributed by atoms with Crippen LogP contribution >= 0.6 is 0 Å². The molecule has 0 fully saturated rings. The van der Waals surface area contributed by atoms with Gasteiger partial charge < -0.3 is 19.7 Å². The second-order valence-corrected chi connectivity index (χ2v) is 6.53. The molecule has 0 saturated carbocycles. The lowest BCUT2D eigenvalue weighted by molar-refractivity contribution is -0.117. The topological polar surface area (TPSA) is 84.9 Å². The molecule has 1 amide bonds. The number of nitrogens with one attached hydrogen (secondary N) is 1. The Kier molecular flexibility index (Phi) is 6.11. The average molecular weight is 400 g/mol. The van der Waals surface area contributed by atoms with Crippen molar-refractivity contribution in [3.05, 3.63) is 58.9 Å². The lowest BCUT2D eigenvalue weighted by Crippen LogP contribution is -2.39. The van der Waals surface area contributed by atoms with Crippen LogP contribution in [0.25, 0.3) is 0 Å². The van der Waals surface area contributed by atoms with Crippen molar-refractivity contribution in [3.63, 3.8) is 0 Å². The maximum Gasteiger partial charge on any atom is 0.337 e. The van der Waals surface area contributed by atoms with Crippen molar-refractivity contribution in [1.29, 1.82) is 0 Å². The summed E-state index contributed by atoms with van der Waals surface area (Å²) in [6.45, 7) is 0.281. The molecule has 1 N–H and O–H groups in total. The molecule has 1 heterocycles. The molecule has 0 aromatic heterocycles. The summed E-state index contributed by atoms with van der Waals surface area (Å²) in [7, 11) is 2.46. The van der Waals surface area contributed by atoms with E-state index in [1.165, 1.54) is 43.4 Å². The Balaban J connectivity index is 1.80. The third kappa shape index (κ3) is 4.37. The molecule has 0 spiro atoms. The number of carbonyl (C=O) groups is 3. The number of carbonyl (C=O) groups excluding carboxylic acids is 3. The first-order chi connectivity index (χ1) is 13.9. The molecule has 0 atom stereocenters. The predicted octanol–water partition coefficient (Wildman–Crippen LogP) is 2.79. The molecule has 2 aromatic rings. The lowest BCUT2D eigenvalue weighted by atomic mass is 10.0. The summed E-state index contributed by atoms with van der Waals surface area (Å²) in [6, 6.07) is 9.06. The van der Waals surface area contributed by atoms with E-state index in [2.05, 4.69) is 5.32 Å². The maximum absolute atomic E-state index is 14.3. The number of aryl methyl sites for hydroxylation is 1. The third-order valence-corrected chi connectivity index (χ3v) is 4.69. The van der Waals surface area contributed by atoms with E-state index in [1.54, 1.807) is 6.07 Å². The lowest BCUT2D eigenvalue weighted by Gasteiger charge is -2.30. The zero-order valence-corrected chi connectivity index (χ0v) is 16.2. The molecule has 8 heteroatoms. The fourth-order valence-electron chi connectivity index (χ4n) is 3.33. The summed E-state index contributed by atoms with van der Waals surface area (Å²) in [6.07, 6.45) is 1.46. The highest BCUT2D eigenvalue weighted by atomic mass is 19.1. The molecule has 1 aliphatic heterocycles. The van der Waals surface area contributed by atoms with Crippen molar-refractivity contribution in [1.82, 2.24) is 0 Å². The summed E-state index contributed by atoms with van der Waals surface area (Å²) in [5.41, 5.74) is 1.75. The standard InChI is InChI=1S/C21H21FN2O5/c1-28-20(26)14-9-15(21(27)29-2)11-16(10-14)23-12-18(25)24-8-4-6-13-5-3-7-17(22)19(13)24/h3,5,7,9-11,23H,4,6,8,12H2,1-2H3. The molecular weight excluding hydrogens is 379 g/mol. The molecule has 29 heavy (non-hydrogen) atoms. The summed E-state index contributed by atoms with van der Waals surface area (Å²) < 4.78 is 23.7. The Morgan fingerprint density at radius 2 is 1.72 bits per heavy atom. The Bertz CT molecular complexity index is 926. The number of halogens is 1. The van der Waals surface area contributed by atoms with Crippen molar-refractivity contribution in [2.24, 2.45) is 0 Å². The van der Waals surface area contributed by atoms with Gasteiger partial charge in [0.05, 0.1) is 37.6 Å². The fourth-order valence-corrected chi connectivity index (χ4v) is 3.33. The van der Waals surface area contributed by atoms with Gasteiger partial charge in [-0.3, -0.25) is 4.79 Å². The van der Waals surface area contributed by atoms with Gasteiger partial charge in [-0.15, -0.1) is 0 Å². The number of ether oxygens (including phenoxy) is 2. The third-order valence-electron chi connectivity index (χ3n) is 4.69. The number of methoxy groups -OCH3 is 2. The van der Waals surface area contributed by atoms with Crippen LogP contribution in [0.4, 0.5) is 15.8 Å². The number of benzene rings is 2. The van der Waals surface area contributed by atoms with Crippen LogP contribution in [0, 0.1) is 5.82 Å². The number of para-hydroxylation sites is 1. The summed E-state index contributed by atoms with van der Waals surface area (Å²) in [5.74, 6) is -2.01. The van der Waals surface area contributed by atoms with Crippen LogP contribution in [0.2, 0.25) is 0 Å². The second-order valence-electron chi connectivity index (χ2n) is 6.53. The zero-order chi connectivity index (χ0) is 21.0. The van der Waals surface area contributed by atoms with Gasteiger partial charge in [0.25, 0.3) is 0 Å². The van der Waals surface area contributed by atoms with Gasteiger partial charge in [0.15, 0.2) is 0 Å². The molecule has 0 aliphatic carbocycles. The second kappa shape index (κ2) is 8.72. The van der Waals surface area contributed by atoms with Gasteiger partial charge in [0, 0.05) is 12.2 Å². The quantitative estimate of drug-likeness (QED) is 0.777. The van der Waals surface area contributed by atoms with Crippen LogP contribution in [-0.4, -0.2) is 45.2 Å². The molecule has 0 radical (unpaired) electrons. The highest BCUT2D eigenvalue weighted by molar-refractivity contribution is 5.99. The molecule has 1 aliphatic rings. The largest absolute Gasteiger partial charge is 0.465 e. The van der Waals surface area contributed by atoms with Crippen LogP contribution in [0.15, 0.2) is 36.4 Å². The molecule has 0 saturated heterocycles. The van der Waals surface area contributed by atoms with Gasteiger partial charge in [-0.2, -0.15) is 0 Å². The normalized spacial score (nSPS) is 12.7. The van der Waals surface area contributed by atoms with E-state index < -0.39 is 17.8 Å². The number of hydrogen-bond acceptors (Lipinski definition) is 6. The van der Waals surface area contributed by atoms with Crippen LogP contribution in [-0.2, 0) is 20.7 Å². The van der Waals surface area contributed by atoms with E-state index in [-0.39, 0.29) is 23.6 Å². The van der Waals surface area contributed by atoms with Gasteiger partial charge in [-0.05, 0) is 42.7 Å². The number of anilines is 2. The SMILES string of the molecule is COC(=O)c1cc(NCC(=O)N2CCCc3cccc(F)c32)cc(C(=O)OC)c1. The number of hydrogen-bond donors (Lipinski definition) is 1. The van der Waals surface area contributed by atoms with E-state index >= 15 is 0 Å². The summed E-state index contributed by atoms with van der Waals surface area (Å²) in [4.78, 5) is 37.9. The van der Waals surface area contributed by atoms with Crippen molar-refractivity contribution in [2.75, 3.05) is 37.5 Å². The van der Waals surface area contributed by atoms with Crippen LogP contribution in [0.1, 0.15) is 32.7 Å². The smallest absolute Gasteiger partial charge is 0.337 e. The van der Waals surface area contributed by atoms with E-state index in [9.17, 15) is 18.8 Å². The Morgan fingerprint density at radius 1 is 1.07 bits per heavy atom. The first kappa shape index (κ1) is 20.3. The number of rotatable bonds is 5. The first-order valence-electron chi connectivity index (χ1n) is 9.08. The monoisotopic (exact) mass is 400 g/mol. The van der Waals surface area contributed by atoms with Crippen LogP contribution < -0.4 is 10.2 Å². The van der Waals surface area contributed by atoms with Crippen molar-refractivity contribution >= 4 is 29.2 Å². The summed E-state index contributed by atoms with van der Waals surface area (Å²) in [5, 5.41) is 2.90. The molecule has 3 rings (SSSR count). The zero-order valence-electron chi connectivity index (χ0n) is 16.2. The molecule has 152 valence electrons. The van der Waals surface area contributed by atoms with E-state index in [1.807, 2.05) is 6.07 Å². The number of amides is 1. The highest BCUT2D eigenvalue weighted by Gasteiger charge is 2.25. The minimum absolute atomic E-state index is 0.139. The molecule has 2 aromatic carbocycles. The highest BCUT2D eigenvalue weighted by Crippen LogP contribution is 2.30.